The number of halogens is 4. The van der Waals surface area contributed by atoms with E-state index in [1.54, 1.807) is 0 Å². The van der Waals surface area contributed by atoms with Crippen molar-refractivity contribution in [2.75, 3.05) is 0 Å². The lowest BCUT2D eigenvalue weighted by molar-refractivity contribution is 0.440. The molecule has 0 spiro atoms. The highest BCUT2D eigenvalue weighted by Gasteiger charge is 2.11. The van der Waals surface area contributed by atoms with E-state index in [0.29, 0.717) is 0 Å². The standard InChI is InChI=1S/C7H4ClF3/c8-5-1-2-6(10)4(3-9)7(5)11/h1-2H,3H2. The SMILES string of the molecule is FCc1c(F)ccc(Cl)c1F. The van der Waals surface area contributed by atoms with Crippen molar-refractivity contribution in [3.63, 3.8) is 0 Å². The van der Waals surface area contributed by atoms with Crippen LogP contribution in [0.5, 0.6) is 0 Å². The number of alkyl halides is 1. The minimum absolute atomic E-state index is 0.265. The molecule has 0 saturated carbocycles. The Morgan fingerprint density at radius 2 is 1.91 bits per heavy atom. The van der Waals surface area contributed by atoms with Crippen molar-refractivity contribution in [2.24, 2.45) is 0 Å². The molecule has 0 bridgehead atoms. The average Bonchev–Trinajstić information content (AvgIpc) is 1.99. The van der Waals surface area contributed by atoms with Gasteiger partial charge in [-0.25, -0.2) is 13.2 Å². The van der Waals surface area contributed by atoms with Crippen molar-refractivity contribution in [3.8, 4) is 0 Å². The molecule has 0 fully saturated rings. The van der Waals surface area contributed by atoms with Crippen LogP contribution in [0.2, 0.25) is 5.02 Å². The van der Waals surface area contributed by atoms with Gasteiger partial charge in [0.15, 0.2) is 5.82 Å². The number of hydrogen-bond donors (Lipinski definition) is 0. The Balaban J connectivity index is 3.29. The largest absolute Gasteiger partial charge is 0.246 e. The van der Waals surface area contributed by atoms with Crippen molar-refractivity contribution in [1.29, 1.82) is 0 Å². The lowest BCUT2D eigenvalue weighted by atomic mass is 10.2. The molecule has 0 saturated heterocycles. The summed E-state index contributed by atoms with van der Waals surface area (Å²) in [5, 5.41) is -0.265. The lowest BCUT2D eigenvalue weighted by Crippen LogP contribution is -1.92. The summed E-state index contributed by atoms with van der Waals surface area (Å²) in [6.45, 7) is -1.18. The molecule has 0 N–H and O–H groups in total. The Morgan fingerprint density at radius 1 is 1.27 bits per heavy atom. The Labute approximate surface area is 66.6 Å². The van der Waals surface area contributed by atoms with Gasteiger partial charge in [0, 0.05) is 0 Å². The van der Waals surface area contributed by atoms with Crippen LogP contribution in [0.15, 0.2) is 12.1 Å². The molecule has 0 unspecified atom stereocenters. The maximum atomic E-state index is 12.7. The van der Waals surface area contributed by atoms with E-state index in [2.05, 4.69) is 0 Å². The molecule has 60 valence electrons. The van der Waals surface area contributed by atoms with E-state index in [1.807, 2.05) is 0 Å². The molecule has 4 heteroatoms. The van der Waals surface area contributed by atoms with E-state index in [-0.39, 0.29) is 5.02 Å². The third kappa shape index (κ3) is 1.48. The summed E-state index contributed by atoms with van der Waals surface area (Å²) in [6.07, 6.45) is 0. The molecule has 0 aliphatic heterocycles. The Morgan fingerprint density at radius 3 is 2.36 bits per heavy atom. The highest BCUT2D eigenvalue weighted by Crippen LogP contribution is 2.21. The van der Waals surface area contributed by atoms with E-state index in [4.69, 9.17) is 11.6 Å². The second-order valence-corrected chi connectivity index (χ2v) is 2.36. The first kappa shape index (κ1) is 8.40. The molecule has 0 amide bonds. The molecule has 0 aromatic heterocycles. The van der Waals surface area contributed by atoms with E-state index in [9.17, 15) is 13.2 Å². The monoisotopic (exact) mass is 180 g/mol. The molecule has 0 aliphatic carbocycles. The Bertz CT molecular complexity index is 273. The predicted molar refractivity (Wildman–Crippen MR) is 36.2 cm³/mol. The minimum atomic E-state index is -1.18. The number of hydrogen-bond acceptors (Lipinski definition) is 0. The van der Waals surface area contributed by atoms with E-state index >= 15 is 0 Å². The maximum Gasteiger partial charge on any atom is 0.150 e. The molecule has 1 aromatic carbocycles. The fraction of sp³-hybridized carbons (Fsp3) is 0.143. The first-order valence-corrected chi connectivity index (χ1v) is 3.23. The van der Waals surface area contributed by atoms with Crippen LogP contribution in [-0.2, 0) is 6.67 Å². The van der Waals surface area contributed by atoms with Gasteiger partial charge >= 0.3 is 0 Å². The van der Waals surface area contributed by atoms with Crippen molar-refractivity contribution < 1.29 is 13.2 Å². The fourth-order valence-corrected chi connectivity index (χ4v) is 0.869. The van der Waals surface area contributed by atoms with Gasteiger partial charge in [0.2, 0.25) is 0 Å². The number of rotatable bonds is 1. The summed E-state index contributed by atoms with van der Waals surface area (Å²) >= 11 is 5.26. The van der Waals surface area contributed by atoms with Gasteiger partial charge in [-0.3, -0.25) is 0 Å². The molecule has 1 rings (SSSR count). The first-order chi connectivity index (χ1) is 5.16. The van der Waals surface area contributed by atoms with Crippen LogP contribution in [0, 0.1) is 11.6 Å². The van der Waals surface area contributed by atoms with Crippen LogP contribution in [0.3, 0.4) is 0 Å². The second kappa shape index (κ2) is 3.13. The maximum absolute atomic E-state index is 12.7. The van der Waals surface area contributed by atoms with Crippen molar-refractivity contribution in [3.05, 3.63) is 34.4 Å². The summed E-state index contributed by atoms with van der Waals surface area (Å²) in [5.41, 5.74) is -0.613. The van der Waals surface area contributed by atoms with E-state index in [0.717, 1.165) is 12.1 Å². The third-order valence-corrected chi connectivity index (χ3v) is 1.56. The van der Waals surface area contributed by atoms with Gasteiger partial charge in [0.1, 0.15) is 12.5 Å². The Kier molecular flexibility index (Phi) is 2.39. The predicted octanol–water partition coefficient (Wildman–Crippen LogP) is 3.09. The zero-order valence-corrected chi connectivity index (χ0v) is 6.13. The van der Waals surface area contributed by atoms with Crippen LogP contribution in [0.1, 0.15) is 5.56 Å². The highest BCUT2D eigenvalue weighted by molar-refractivity contribution is 6.30. The summed E-state index contributed by atoms with van der Waals surface area (Å²) in [6, 6.07) is 1.98. The van der Waals surface area contributed by atoms with Crippen molar-refractivity contribution >= 4 is 11.6 Å². The van der Waals surface area contributed by atoms with Gasteiger partial charge < -0.3 is 0 Å². The van der Waals surface area contributed by atoms with Gasteiger partial charge in [0.05, 0.1) is 10.6 Å². The summed E-state index contributed by atoms with van der Waals surface area (Å²) in [5.74, 6) is -1.93. The second-order valence-electron chi connectivity index (χ2n) is 1.96. The van der Waals surface area contributed by atoms with Crippen molar-refractivity contribution in [1.82, 2.24) is 0 Å². The molecule has 11 heavy (non-hydrogen) atoms. The molecule has 1 aromatic rings. The molecular weight excluding hydrogens is 177 g/mol. The van der Waals surface area contributed by atoms with Crippen LogP contribution in [0.4, 0.5) is 13.2 Å². The van der Waals surface area contributed by atoms with Crippen LogP contribution in [0.25, 0.3) is 0 Å². The van der Waals surface area contributed by atoms with Crippen LogP contribution < -0.4 is 0 Å². The van der Waals surface area contributed by atoms with Gasteiger partial charge in [-0.05, 0) is 12.1 Å². The smallest absolute Gasteiger partial charge is 0.150 e. The summed E-state index contributed by atoms with van der Waals surface area (Å²) in [7, 11) is 0. The van der Waals surface area contributed by atoms with Crippen LogP contribution in [-0.4, -0.2) is 0 Å². The molecule has 0 heterocycles. The van der Waals surface area contributed by atoms with E-state index in [1.165, 1.54) is 0 Å². The quantitative estimate of drug-likeness (QED) is 0.583. The van der Waals surface area contributed by atoms with Gasteiger partial charge in [-0.2, -0.15) is 0 Å². The first-order valence-electron chi connectivity index (χ1n) is 2.85. The summed E-state index contributed by atoms with van der Waals surface area (Å²) < 4.78 is 37.0. The summed E-state index contributed by atoms with van der Waals surface area (Å²) in [4.78, 5) is 0. The molecule has 0 aliphatic rings. The van der Waals surface area contributed by atoms with Crippen molar-refractivity contribution in [2.45, 2.75) is 6.67 Å². The van der Waals surface area contributed by atoms with Gasteiger partial charge in [-0.1, -0.05) is 11.6 Å². The molecule has 0 atom stereocenters. The normalized spacial score (nSPS) is 10.2. The Hall–Kier alpha value is -0.700. The molecule has 0 radical (unpaired) electrons. The fourth-order valence-electron chi connectivity index (χ4n) is 0.692. The lowest BCUT2D eigenvalue weighted by Gasteiger charge is -2.00. The number of benzene rings is 1. The zero-order chi connectivity index (χ0) is 8.43. The third-order valence-electron chi connectivity index (χ3n) is 1.27. The van der Waals surface area contributed by atoms with Crippen LogP contribution >= 0.6 is 11.6 Å². The zero-order valence-electron chi connectivity index (χ0n) is 5.37. The van der Waals surface area contributed by atoms with Gasteiger partial charge in [-0.15, -0.1) is 0 Å². The molecular formula is C7H4ClF3. The minimum Gasteiger partial charge on any atom is -0.246 e. The topological polar surface area (TPSA) is 0 Å². The average molecular weight is 181 g/mol. The molecule has 0 nitrogen and oxygen atoms in total. The van der Waals surface area contributed by atoms with Gasteiger partial charge in [0.25, 0.3) is 0 Å². The van der Waals surface area contributed by atoms with E-state index < -0.39 is 23.9 Å². The highest BCUT2D eigenvalue weighted by atomic mass is 35.5.